The number of benzene rings is 2. The summed E-state index contributed by atoms with van der Waals surface area (Å²) in [6, 6.07) is 10.0. The van der Waals surface area contributed by atoms with Gasteiger partial charge in [0, 0.05) is 31.3 Å². The summed E-state index contributed by atoms with van der Waals surface area (Å²) in [5, 5.41) is 22.2. The van der Waals surface area contributed by atoms with Crippen LogP contribution >= 0.6 is 0 Å². The summed E-state index contributed by atoms with van der Waals surface area (Å²) in [7, 11) is -3.02. The highest BCUT2D eigenvalue weighted by molar-refractivity contribution is 7.85. The van der Waals surface area contributed by atoms with Gasteiger partial charge < -0.3 is 4.57 Å². The number of nitro groups is 1. The summed E-state index contributed by atoms with van der Waals surface area (Å²) in [6.45, 7) is 2.10. The standard InChI is InChI=1S/C24H21N9O8S/c1-3-12-31-19-20(30(2)24(36)26-21(19)34)25-23(31)32-22(35)18(17(29-32)13-4-8-15(9-5-13)33(37)38)28-27-14-6-10-16(11-7-14)42(39,40)41/h4-11,29H,3,12H2,1-2H3,(H,26,34,36)(H,39,40,41). The van der Waals surface area contributed by atoms with Crippen LogP contribution in [0, 0.1) is 10.1 Å². The van der Waals surface area contributed by atoms with Gasteiger partial charge in [0.1, 0.15) is 0 Å². The minimum absolute atomic E-state index is 0.0225. The molecule has 18 heteroatoms. The summed E-state index contributed by atoms with van der Waals surface area (Å²) in [4.78, 5) is 55.6. The fraction of sp³-hybridized carbons (Fsp3) is 0.167. The fourth-order valence-electron chi connectivity index (χ4n) is 4.23. The second-order valence-corrected chi connectivity index (χ2v) is 10.4. The Balaban J connectivity index is 1.73. The fourth-order valence-corrected chi connectivity index (χ4v) is 4.71. The van der Waals surface area contributed by atoms with Crippen molar-refractivity contribution < 1.29 is 17.9 Å². The van der Waals surface area contributed by atoms with Crippen molar-refractivity contribution >= 4 is 38.3 Å². The molecule has 17 nitrogen and oxygen atoms in total. The molecule has 0 amide bonds. The van der Waals surface area contributed by atoms with E-state index in [-0.39, 0.29) is 51.3 Å². The summed E-state index contributed by atoms with van der Waals surface area (Å²) in [6.07, 6.45) is 0.539. The van der Waals surface area contributed by atoms with Crippen molar-refractivity contribution in [2.24, 2.45) is 17.3 Å². The Morgan fingerprint density at radius 3 is 2.31 bits per heavy atom. The number of non-ortho nitro benzene ring substituents is 1. The number of aromatic amines is 2. The maximum atomic E-state index is 13.8. The van der Waals surface area contributed by atoms with Crippen molar-refractivity contribution in [1.82, 2.24) is 28.9 Å². The maximum absolute atomic E-state index is 13.8. The molecular weight excluding hydrogens is 574 g/mol. The van der Waals surface area contributed by atoms with E-state index in [0.717, 1.165) is 21.4 Å². The van der Waals surface area contributed by atoms with Gasteiger partial charge in [-0.15, -0.1) is 5.11 Å². The smallest absolute Gasteiger partial charge is 0.302 e. The molecule has 0 aliphatic heterocycles. The zero-order chi connectivity index (χ0) is 30.3. The number of nitrogens with zero attached hydrogens (tertiary/aromatic N) is 7. The van der Waals surface area contributed by atoms with E-state index >= 15 is 0 Å². The van der Waals surface area contributed by atoms with Gasteiger partial charge in [0.05, 0.1) is 21.2 Å². The predicted molar refractivity (Wildman–Crippen MR) is 148 cm³/mol. The number of nitro benzene ring substituents is 1. The summed E-state index contributed by atoms with van der Waals surface area (Å²) < 4.78 is 35.5. The molecule has 216 valence electrons. The first kappa shape index (κ1) is 28.1. The van der Waals surface area contributed by atoms with Crippen molar-refractivity contribution in [3.05, 3.63) is 89.8 Å². The van der Waals surface area contributed by atoms with Crippen LogP contribution < -0.4 is 16.8 Å². The maximum Gasteiger partial charge on any atom is 0.329 e. The van der Waals surface area contributed by atoms with E-state index in [1.807, 2.05) is 6.92 Å². The largest absolute Gasteiger partial charge is 0.329 e. The Labute approximate surface area is 234 Å². The molecular formula is C24H21N9O8S. The highest BCUT2D eigenvalue weighted by Gasteiger charge is 2.24. The molecule has 5 rings (SSSR count). The van der Waals surface area contributed by atoms with Crippen LogP contribution in [0.1, 0.15) is 13.3 Å². The van der Waals surface area contributed by atoms with Gasteiger partial charge in [-0.2, -0.15) is 23.2 Å². The van der Waals surface area contributed by atoms with Gasteiger partial charge in [-0.25, -0.2) is 4.79 Å². The van der Waals surface area contributed by atoms with Gasteiger partial charge in [-0.1, -0.05) is 6.92 Å². The zero-order valence-corrected chi connectivity index (χ0v) is 22.7. The molecule has 0 radical (unpaired) electrons. The Kier molecular flexibility index (Phi) is 7.00. The Bertz CT molecular complexity index is 2170. The minimum Gasteiger partial charge on any atom is -0.302 e. The first-order valence-electron chi connectivity index (χ1n) is 12.2. The molecule has 3 aromatic heterocycles. The number of aromatic nitrogens is 6. The lowest BCUT2D eigenvalue weighted by Crippen LogP contribution is -2.29. The van der Waals surface area contributed by atoms with E-state index in [1.165, 1.54) is 48.0 Å². The average molecular weight is 596 g/mol. The molecule has 0 spiro atoms. The monoisotopic (exact) mass is 595 g/mol. The molecule has 3 N–H and O–H groups in total. The van der Waals surface area contributed by atoms with Crippen LogP contribution in [-0.2, 0) is 23.7 Å². The average Bonchev–Trinajstić information content (AvgIpc) is 3.48. The molecule has 0 bridgehead atoms. The first-order chi connectivity index (χ1) is 19.9. The zero-order valence-electron chi connectivity index (χ0n) is 21.9. The molecule has 3 heterocycles. The van der Waals surface area contributed by atoms with Crippen LogP contribution in [-0.4, -0.2) is 46.8 Å². The highest BCUT2D eigenvalue weighted by atomic mass is 32.2. The molecule has 5 aromatic rings. The van der Waals surface area contributed by atoms with Gasteiger partial charge in [0.15, 0.2) is 16.9 Å². The molecule has 0 saturated heterocycles. The second kappa shape index (κ2) is 10.5. The molecule has 0 unspecified atom stereocenters. The Morgan fingerprint density at radius 2 is 1.71 bits per heavy atom. The summed E-state index contributed by atoms with van der Waals surface area (Å²) in [5.41, 5.74) is -1.89. The third kappa shape index (κ3) is 4.95. The number of azo groups is 1. The molecule has 0 aliphatic rings. The topological polar surface area (TPSA) is 233 Å². The van der Waals surface area contributed by atoms with Gasteiger partial charge in [0.2, 0.25) is 5.95 Å². The van der Waals surface area contributed by atoms with Crippen molar-refractivity contribution in [2.45, 2.75) is 24.8 Å². The van der Waals surface area contributed by atoms with Crippen molar-refractivity contribution in [3.63, 3.8) is 0 Å². The number of nitrogens with one attached hydrogen (secondary N) is 2. The van der Waals surface area contributed by atoms with Crippen LogP contribution in [0.5, 0.6) is 0 Å². The summed E-state index contributed by atoms with van der Waals surface area (Å²) >= 11 is 0. The number of rotatable bonds is 8. The van der Waals surface area contributed by atoms with Crippen molar-refractivity contribution in [1.29, 1.82) is 0 Å². The molecule has 2 aromatic carbocycles. The number of hydrogen-bond donors (Lipinski definition) is 3. The number of H-pyrrole nitrogens is 2. The van der Waals surface area contributed by atoms with E-state index < -0.39 is 31.8 Å². The van der Waals surface area contributed by atoms with Gasteiger partial charge in [-0.3, -0.25) is 38.9 Å². The number of imidazole rings is 1. The van der Waals surface area contributed by atoms with Gasteiger partial charge >= 0.3 is 11.2 Å². The molecule has 0 aliphatic carbocycles. The van der Waals surface area contributed by atoms with Crippen molar-refractivity contribution in [2.75, 3.05) is 0 Å². The van der Waals surface area contributed by atoms with Crippen molar-refractivity contribution in [3.8, 4) is 17.2 Å². The molecule has 0 atom stereocenters. The second-order valence-electron chi connectivity index (χ2n) is 9.00. The highest BCUT2D eigenvalue weighted by Crippen LogP contribution is 2.30. The van der Waals surface area contributed by atoms with E-state index in [1.54, 1.807) is 0 Å². The number of fused-ring (bicyclic) bond motifs is 1. The Hall–Kier alpha value is -5.49. The van der Waals surface area contributed by atoms with Crippen LogP contribution in [0.4, 0.5) is 17.1 Å². The SMILES string of the molecule is CCCn1c(-n2[nH]c(-c3ccc([N+](=O)[O-])cc3)c(N=Nc3ccc(S(=O)(=O)O)cc3)c2=O)nc2c1c(=O)[nH]c(=O)n2C. The third-order valence-corrected chi connectivity index (χ3v) is 7.13. The van der Waals surface area contributed by atoms with E-state index in [4.69, 9.17) is 0 Å². The normalized spacial score (nSPS) is 12.0. The minimum atomic E-state index is -4.44. The molecule has 42 heavy (non-hydrogen) atoms. The quantitative estimate of drug-likeness (QED) is 0.103. The summed E-state index contributed by atoms with van der Waals surface area (Å²) in [5.74, 6) is -0.0225. The lowest BCUT2D eigenvalue weighted by Gasteiger charge is -2.07. The lowest BCUT2D eigenvalue weighted by atomic mass is 10.1. The van der Waals surface area contributed by atoms with Gasteiger partial charge in [0.25, 0.3) is 21.4 Å². The number of aryl methyl sites for hydroxylation is 2. The van der Waals surface area contributed by atoms with Crippen LogP contribution in [0.3, 0.4) is 0 Å². The van der Waals surface area contributed by atoms with Crippen LogP contribution in [0.15, 0.2) is 78.0 Å². The van der Waals surface area contributed by atoms with E-state index in [2.05, 4.69) is 25.3 Å². The molecule has 0 fully saturated rings. The van der Waals surface area contributed by atoms with E-state index in [9.17, 15) is 37.5 Å². The van der Waals surface area contributed by atoms with Gasteiger partial charge in [-0.05, 0) is 42.8 Å². The van der Waals surface area contributed by atoms with Crippen LogP contribution in [0.2, 0.25) is 0 Å². The third-order valence-electron chi connectivity index (χ3n) is 6.27. The first-order valence-corrected chi connectivity index (χ1v) is 13.6. The molecule has 0 saturated carbocycles. The lowest BCUT2D eigenvalue weighted by molar-refractivity contribution is -0.384. The Morgan fingerprint density at radius 1 is 1.05 bits per heavy atom. The predicted octanol–water partition coefficient (Wildman–Crippen LogP) is 2.55. The van der Waals surface area contributed by atoms with E-state index in [0.29, 0.717) is 12.0 Å². The van der Waals surface area contributed by atoms with Crippen LogP contribution in [0.25, 0.3) is 28.4 Å². The number of hydrogen-bond acceptors (Lipinski definition) is 10.